The summed E-state index contributed by atoms with van der Waals surface area (Å²) in [5.74, 6) is -1.14. The third-order valence-corrected chi connectivity index (χ3v) is 2.68. The molecule has 0 fully saturated rings. The molecular formula is C13H14N2O3. The highest BCUT2D eigenvalue weighted by molar-refractivity contribution is 5.85. The van der Waals surface area contributed by atoms with Crippen LogP contribution in [0.1, 0.15) is 29.4 Å². The van der Waals surface area contributed by atoms with Gasteiger partial charge < -0.3 is 5.11 Å². The molecule has 1 heterocycles. The molecule has 2 rings (SSSR count). The van der Waals surface area contributed by atoms with Crippen LogP contribution in [0.4, 0.5) is 0 Å². The maximum Gasteiger partial charge on any atom is 0.353 e. The van der Waals surface area contributed by atoms with Crippen LogP contribution < -0.4 is 5.56 Å². The Morgan fingerprint density at radius 2 is 2.00 bits per heavy atom. The lowest BCUT2D eigenvalue weighted by Gasteiger charge is -2.03. The van der Waals surface area contributed by atoms with E-state index in [1.54, 1.807) is 12.1 Å². The number of aromatic nitrogens is 2. The average molecular weight is 246 g/mol. The summed E-state index contributed by atoms with van der Waals surface area (Å²) in [6.45, 7) is 2.10. The molecular weight excluding hydrogens is 232 g/mol. The van der Waals surface area contributed by atoms with Crippen molar-refractivity contribution >= 4 is 5.97 Å². The van der Waals surface area contributed by atoms with Crippen molar-refractivity contribution in [1.82, 2.24) is 9.78 Å². The number of H-pyrrole nitrogens is 1. The van der Waals surface area contributed by atoms with Crippen molar-refractivity contribution < 1.29 is 9.90 Å². The van der Waals surface area contributed by atoms with Crippen LogP contribution in [-0.2, 0) is 6.42 Å². The van der Waals surface area contributed by atoms with Gasteiger partial charge in [0.15, 0.2) is 0 Å². The third-order valence-electron chi connectivity index (χ3n) is 2.68. The Balaban J connectivity index is 2.36. The summed E-state index contributed by atoms with van der Waals surface area (Å²) in [7, 11) is 0. The van der Waals surface area contributed by atoms with Gasteiger partial charge in [0.25, 0.3) is 5.56 Å². The van der Waals surface area contributed by atoms with E-state index in [1.807, 2.05) is 12.1 Å². The second kappa shape index (κ2) is 4.91. The number of benzene rings is 1. The standard InChI is InChI=1S/C13H14N2O3/c1-2-3-9-4-6-10(7-5-9)15-12(16)8-11(14-15)13(17)18/h4-8,14H,2-3H2,1H3,(H,17,18). The lowest BCUT2D eigenvalue weighted by Crippen LogP contribution is -2.13. The van der Waals surface area contributed by atoms with Crippen molar-refractivity contribution in [2.75, 3.05) is 0 Å². The smallest absolute Gasteiger partial charge is 0.353 e. The third kappa shape index (κ3) is 2.34. The Bertz CT molecular complexity index is 608. The van der Waals surface area contributed by atoms with Crippen LogP contribution in [0.3, 0.4) is 0 Å². The summed E-state index contributed by atoms with van der Waals surface area (Å²) in [4.78, 5) is 22.4. The fourth-order valence-electron chi connectivity index (χ4n) is 1.80. The topological polar surface area (TPSA) is 75.1 Å². The van der Waals surface area contributed by atoms with E-state index in [0.717, 1.165) is 18.9 Å². The number of carbonyl (C=O) groups is 1. The van der Waals surface area contributed by atoms with E-state index >= 15 is 0 Å². The number of carboxylic acids is 1. The van der Waals surface area contributed by atoms with Crippen molar-refractivity contribution in [3.63, 3.8) is 0 Å². The van der Waals surface area contributed by atoms with E-state index in [-0.39, 0.29) is 11.3 Å². The minimum Gasteiger partial charge on any atom is -0.477 e. The van der Waals surface area contributed by atoms with Gasteiger partial charge in [-0.15, -0.1) is 0 Å². The van der Waals surface area contributed by atoms with Crippen molar-refractivity contribution in [1.29, 1.82) is 0 Å². The van der Waals surface area contributed by atoms with Gasteiger partial charge in [-0.2, -0.15) is 0 Å². The number of aromatic carboxylic acids is 1. The molecule has 0 amide bonds. The number of nitrogens with one attached hydrogen (secondary N) is 1. The zero-order chi connectivity index (χ0) is 13.1. The molecule has 0 aliphatic heterocycles. The molecule has 5 nitrogen and oxygen atoms in total. The Labute approximate surface area is 104 Å². The Morgan fingerprint density at radius 1 is 1.33 bits per heavy atom. The molecule has 0 saturated carbocycles. The van der Waals surface area contributed by atoms with Crippen LogP contribution in [0.2, 0.25) is 0 Å². The first-order valence-corrected chi connectivity index (χ1v) is 5.76. The fourth-order valence-corrected chi connectivity index (χ4v) is 1.80. The van der Waals surface area contributed by atoms with Gasteiger partial charge in [0.1, 0.15) is 5.69 Å². The van der Waals surface area contributed by atoms with Crippen molar-refractivity contribution in [3.8, 4) is 5.69 Å². The average Bonchev–Trinajstić information content (AvgIpc) is 2.73. The summed E-state index contributed by atoms with van der Waals surface area (Å²) in [5, 5.41) is 11.4. The number of aryl methyl sites for hydroxylation is 1. The van der Waals surface area contributed by atoms with Gasteiger partial charge in [-0.05, 0) is 24.1 Å². The quantitative estimate of drug-likeness (QED) is 0.864. The van der Waals surface area contributed by atoms with Crippen molar-refractivity contribution in [3.05, 3.63) is 51.9 Å². The van der Waals surface area contributed by atoms with Gasteiger partial charge in [-0.3, -0.25) is 9.89 Å². The minimum atomic E-state index is -1.14. The van der Waals surface area contributed by atoms with Gasteiger partial charge in [-0.1, -0.05) is 25.5 Å². The van der Waals surface area contributed by atoms with E-state index in [0.29, 0.717) is 5.69 Å². The Hall–Kier alpha value is -2.30. The summed E-state index contributed by atoms with van der Waals surface area (Å²) >= 11 is 0. The largest absolute Gasteiger partial charge is 0.477 e. The van der Waals surface area contributed by atoms with Gasteiger partial charge in [0.2, 0.25) is 0 Å². The highest BCUT2D eigenvalue weighted by atomic mass is 16.4. The highest BCUT2D eigenvalue weighted by Gasteiger charge is 2.10. The molecule has 0 spiro atoms. The van der Waals surface area contributed by atoms with E-state index in [9.17, 15) is 9.59 Å². The molecule has 18 heavy (non-hydrogen) atoms. The number of rotatable bonds is 4. The van der Waals surface area contributed by atoms with Crippen LogP contribution in [0.25, 0.3) is 5.69 Å². The first-order chi connectivity index (χ1) is 8.61. The Morgan fingerprint density at radius 3 is 2.50 bits per heavy atom. The molecule has 2 N–H and O–H groups in total. The van der Waals surface area contributed by atoms with Crippen molar-refractivity contribution in [2.24, 2.45) is 0 Å². The minimum absolute atomic E-state index is 0.113. The fraction of sp³-hybridized carbons (Fsp3) is 0.231. The molecule has 0 aliphatic carbocycles. The van der Waals surface area contributed by atoms with E-state index in [4.69, 9.17) is 5.11 Å². The van der Waals surface area contributed by atoms with Crippen LogP contribution in [0, 0.1) is 0 Å². The number of aromatic amines is 1. The summed E-state index contributed by atoms with van der Waals surface area (Å²) < 4.78 is 1.22. The lowest BCUT2D eigenvalue weighted by molar-refractivity contribution is 0.0690. The van der Waals surface area contributed by atoms with Gasteiger partial charge in [0.05, 0.1) is 5.69 Å². The van der Waals surface area contributed by atoms with Crippen LogP contribution in [-0.4, -0.2) is 20.9 Å². The predicted molar refractivity (Wildman–Crippen MR) is 67.3 cm³/mol. The van der Waals surface area contributed by atoms with Crippen LogP contribution in [0.5, 0.6) is 0 Å². The van der Waals surface area contributed by atoms with Gasteiger partial charge >= 0.3 is 5.97 Å². The Kier molecular flexibility index (Phi) is 3.32. The number of carboxylic acid groups (broad SMARTS) is 1. The maximum absolute atomic E-state index is 11.6. The van der Waals surface area contributed by atoms with Gasteiger partial charge in [0, 0.05) is 6.07 Å². The number of hydrogen-bond donors (Lipinski definition) is 2. The second-order valence-electron chi connectivity index (χ2n) is 4.07. The van der Waals surface area contributed by atoms with E-state index < -0.39 is 5.97 Å². The molecule has 94 valence electrons. The normalized spacial score (nSPS) is 10.5. The highest BCUT2D eigenvalue weighted by Crippen LogP contribution is 2.09. The lowest BCUT2D eigenvalue weighted by atomic mass is 10.1. The van der Waals surface area contributed by atoms with Crippen LogP contribution in [0.15, 0.2) is 35.1 Å². The molecule has 0 unspecified atom stereocenters. The van der Waals surface area contributed by atoms with E-state index in [2.05, 4.69) is 12.0 Å². The molecule has 5 heteroatoms. The molecule has 0 aliphatic rings. The molecule has 0 atom stereocenters. The maximum atomic E-state index is 11.6. The zero-order valence-electron chi connectivity index (χ0n) is 10.0. The molecule has 2 aromatic rings. The molecule has 0 bridgehead atoms. The molecule has 0 saturated heterocycles. The zero-order valence-corrected chi connectivity index (χ0v) is 10.0. The second-order valence-corrected chi connectivity index (χ2v) is 4.07. The number of nitrogens with zero attached hydrogens (tertiary/aromatic N) is 1. The number of hydrogen-bond acceptors (Lipinski definition) is 2. The first-order valence-electron chi connectivity index (χ1n) is 5.76. The summed E-state index contributed by atoms with van der Waals surface area (Å²) in [6.07, 6.45) is 2.05. The first kappa shape index (κ1) is 12.2. The molecule has 1 aromatic heterocycles. The SMILES string of the molecule is CCCc1ccc(-n2[nH]c(C(=O)O)cc2=O)cc1. The summed E-state index contributed by atoms with van der Waals surface area (Å²) in [5.41, 5.74) is 1.33. The molecule has 0 radical (unpaired) electrons. The molecule has 1 aromatic carbocycles. The predicted octanol–water partition coefficient (Wildman–Crippen LogP) is 1.82. The van der Waals surface area contributed by atoms with E-state index in [1.165, 1.54) is 10.2 Å². The van der Waals surface area contributed by atoms with Crippen LogP contribution >= 0.6 is 0 Å². The van der Waals surface area contributed by atoms with Crippen molar-refractivity contribution in [2.45, 2.75) is 19.8 Å². The monoisotopic (exact) mass is 246 g/mol. The summed E-state index contributed by atoms with van der Waals surface area (Å²) in [6, 6.07) is 8.55. The van der Waals surface area contributed by atoms with Gasteiger partial charge in [-0.25, -0.2) is 9.48 Å².